The molecule has 4 unspecified atom stereocenters. The second-order valence-corrected chi connectivity index (χ2v) is 9.26. The molecule has 16 heteroatoms. The van der Waals surface area contributed by atoms with Crippen LogP contribution >= 0.6 is 0 Å². The lowest BCUT2D eigenvalue weighted by Crippen LogP contribution is -2.58. The summed E-state index contributed by atoms with van der Waals surface area (Å²) < 4.78 is 0. The normalized spacial score (nSPS) is 13.8. The summed E-state index contributed by atoms with van der Waals surface area (Å²) in [6.45, 7) is -0.652. The van der Waals surface area contributed by atoms with Crippen molar-refractivity contribution in [3.8, 4) is 0 Å². The maximum Gasteiger partial charge on any atom is 0.326 e. The second kappa shape index (κ2) is 15.8. The lowest BCUT2D eigenvalue weighted by Gasteiger charge is -2.24. The van der Waals surface area contributed by atoms with Gasteiger partial charge in [-0.15, -0.1) is 0 Å². The van der Waals surface area contributed by atoms with E-state index in [2.05, 4.69) is 25.9 Å². The van der Waals surface area contributed by atoms with Gasteiger partial charge in [-0.25, -0.2) is 4.79 Å². The zero-order valence-electron chi connectivity index (χ0n) is 22.2. The number of amides is 3. The van der Waals surface area contributed by atoms with Crippen LogP contribution in [-0.2, 0) is 30.4 Å². The van der Waals surface area contributed by atoms with Crippen molar-refractivity contribution >= 4 is 46.5 Å². The molecule has 1 aromatic carbocycles. The first kappa shape index (κ1) is 32.5. The van der Waals surface area contributed by atoms with Crippen molar-refractivity contribution in [3.05, 3.63) is 36.0 Å². The van der Waals surface area contributed by atoms with Crippen LogP contribution in [-0.4, -0.2) is 93.2 Å². The number of aliphatic hydroxyl groups excluding tert-OH is 1. The van der Waals surface area contributed by atoms with Gasteiger partial charge in [0.15, 0.2) is 5.96 Å². The van der Waals surface area contributed by atoms with Crippen molar-refractivity contribution in [1.29, 1.82) is 0 Å². The third-order valence-electron chi connectivity index (χ3n) is 6.11. The zero-order chi connectivity index (χ0) is 30.5. The minimum absolute atomic E-state index is 0.0154. The highest BCUT2D eigenvalue weighted by atomic mass is 16.4. The number of aliphatic carboxylic acids is 2. The predicted octanol–water partition coefficient (Wildman–Crippen LogP) is -2.51. The molecule has 0 fully saturated rings. The summed E-state index contributed by atoms with van der Waals surface area (Å²) in [6.07, 6.45) is 1.31. The molecule has 2 aromatic rings. The Kier molecular flexibility index (Phi) is 12.5. The van der Waals surface area contributed by atoms with Crippen LogP contribution in [0.1, 0.15) is 31.2 Å². The fraction of sp³-hybridized carbons (Fsp3) is 0.440. The third-order valence-corrected chi connectivity index (χ3v) is 6.11. The van der Waals surface area contributed by atoms with Gasteiger partial charge in [-0.3, -0.25) is 24.2 Å². The number of carboxylic acid groups (broad SMARTS) is 2. The number of benzene rings is 1. The van der Waals surface area contributed by atoms with Gasteiger partial charge in [0.2, 0.25) is 17.7 Å². The smallest absolute Gasteiger partial charge is 0.326 e. The Hall–Kier alpha value is -4.70. The number of carbonyl (C=O) groups excluding carboxylic acids is 3. The molecule has 13 N–H and O–H groups in total. The Balaban J connectivity index is 2.18. The fourth-order valence-electron chi connectivity index (χ4n) is 3.92. The lowest BCUT2D eigenvalue weighted by atomic mass is 10.0. The maximum atomic E-state index is 13.3. The van der Waals surface area contributed by atoms with E-state index in [1.165, 1.54) is 0 Å². The summed E-state index contributed by atoms with van der Waals surface area (Å²) >= 11 is 0. The van der Waals surface area contributed by atoms with Crippen LogP contribution in [0.3, 0.4) is 0 Å². The van der Waals surface area contributed by atoms with Crippen LogP contribution in [0.5, 0.6) is 0 Å². The first-order chi connectivity index (χ1) is 19.4. The molecule has 1 aromatic heterocycles. The van der Waals surface area contributed by atoms with Crippen LogP contribution in [0, 0.1) is 0 Å². The van der Waals surface area contributed by atoms with Crippen molar-refractivity contribution < 1.29 is 39.3 Å². The predicted molar refractivity (Wildman–Crippen MR) is 147 cm³/mol. The van der Waals surface area contributed by atoms with Gasteiger partial charge >= 0.3 is 11.9 Å². The van der Waals surface area contributed by atoms with Gasteiger partial charge in [0.25, 0.3) is 0 Å². The summed E-state index contributed by atoms with van der Waals surface area (Å²) in [6, 6.07) is 1.86. The van der Waals surface area contributed by atoms with Crippen LogP contribution in [0.2, 0.25) is 0 Å². The first-order valence-electron chi connectivity index (χ1n) is 12.8. The Morgan fingerprint density at radius 3 is 2.17 bits per heavy atom. The monoisotopic (exact) mass is 576 g/mol. The number of para-hydroxylation sites is 1. The van der Waals surface area contributed by atoms with Gasteiger partial charge in [-0.2, -0.15) is 0 Å². The number of carbonyl (C=O) groups is 5. The molecule has 0 saturated heterocycles. The van der Waals surface area contributed by atoms with Gasteiger partial charge in [0, 0.05) is 36.5 Å². The van der Waals surface area contributed by atoms with E-state index in [1.807, 2.05) is 18.2 Å². The molecule has 16 nitrogen and oxygen atoms in total. The van der Waals surface area contributed by atoms with Gasteiger partial charge in [0.05, 0.1) is 12.6 Å². The van der Waals surface area contributed by atoms with E-state index in [9.17, 15) is 34.2 Å². The molecular weight excluding hydrogens is 540 g/mol. The molecule has 0 aliphatic carbocycles. The number of H-pyrrole nitrogens is 1. The van der Waals surface area contributed by atoms with Crippen LogP contribution in [0.4, 0.5) is 0 Å². The number of guanidine groups is 1. The fourth-order valence-corrected chi connectivity index (χ4v) is 3.92. The van der Waals surface area contributed by atoms with E-state index in [1.54, 1.807) is 12.3 Å². The van der Waals surface area contributed by atoms with Gasteiger partial charge < -0.3 is 53.5 Å². The molecule has 2 rings (SSSR count). The summed E-state index contributed by atoms with van der Waals surface area (Å²) in [5.74, 6) is -5.39. The highest BCUT2D eigenvalue weighted by Crippen LogP contribution is 2.19. The molecular formula is C25H36N8O8. The van der Waals surface area contributed by atoms with Gasteiger partial charge in [-0.1, -0.05) is 18.2 Å². The summed E-state index contributed by atoms with van der Waals surface area (Å²) in [5, 5.41) is 35.7. The van der Waals surface area contributed by atoms with Crippen LogP contribution in [0.25, 0.3) is 10.9 Å². The largest absolute Gasteiger partial charge is 0.481 e. The number of hydrogen-bond donors (Lipinski definition) is 10. The molecule has 0 spiro atoms. The minimum atomic E-state index is -1.59. The van der Waals surface area contributed by atoms with Gasteiger partial charge in [-0.05, 0) is 30.9 Å². The van der Waals surface area contributed by atoms with Crippen molar-refractivity contribution in [2.75, 3.05) is 13.2 Å². The summed E-state index contributed by atoms with van der Waals surface area (Å²) in [7, 11) is 0. The van der Waals surface area contributed by atoms with Crippen LogP contribution in [0.15, 0.2) is 35.5 Å². The molecule has 3 amide bonds. The van der Waals surface area contributed by atoms with E-state index in [-0.39, 0.29) is 25.3 Å². The Labute approximate surface area is 234 Å². The maximum absolute atomic E-state index is 13.3. The zero-order valence-corrected chi connectivity index (χ0v) is 22.2. The van der Waals surface area contributed by atoms with Crippen LogP contribution < -0.4 is 33.2 Å². The van der Waals surface area contributed by atoms with E-state index >= 15 is 0 Å². The topological polar surface area (TPSA) is 288 Å². The number of carboxylic acids is 2. The Bertz CT molecular complexity index is 1260. The molecule has 1 heterocycles. The quantitative estimate of drug-likeness (QED) is 0.0533. The molecule has 0 saturated carbocycles. The highest BCUT2D eigenvalue weighted by molar-refractivity contribution is 5.95. The molecule has 0 bridgehead atoms. The van der Waals surface area contributed by atoms with Crippen molar-refractivity contribution in [3.63, 3.8) is 0 Å². The van der Waals surface area contributed by atoms with Crippen molar-refractivity contribution in [2.45, 2.75) is 56.3 Å². The number of rotatable bonds is 17. The molecule has 0 aliphatic rings. The highest BCUT2D eigenvalue weighted by Gasteiger charge is 2.30. The van der Waals surface area contributed by atoms with E-state index in [0.29, 0.717) is 12.0 Å². The summed E-state index contributed by atoms with van der Waals surface area (Å²) in [5.41, 5.74) is 18.0. The molecule has 0 radical (unpaired) electrons. The van der Waals surface area contributed by atoms with Gasteiger partial charge in [0.1, 0.15) is 18.1 Å². The number of nitrogens with one attached hydrogen (secondary N) is 4. The number of nitrogens with zero attached hydrogens (tertiary/aromatic N) is 1. The van der Waals surface area contributed by atoms with E-state index in [4.69, 9.17) is 22.3 Å². The molecule has 41 heavy (non-hydrogen) atoms. The van der Waals surface area contributed by atoms with E-state index < -0.39 is 73.3 Å². The second-order valence-electron chi connectivity index (χ2n) is 9.26. The standard InChI is InChI=1S/C25H36N8O8/c26-15(5-3-9-29-25(27)28)21(37)32-18(10-13-11-30-16-6-2-1-4-14(13)16)22(38)33-19(12-34)23(39)31-17(24(40)41)7-8-20(35)36/h1-2,4,6,11,15,17-19,30,34H,3,5,7-10,12,26H2,(H,31,39)(H,32,37)(H,33,38)(H,35,36)(H,40,41)(H4,27,28,29). The number of aromatic amines is 1. The third kappa shape index (κ3) is 10.4. The Morgan fingerprint density at radius 2 is 1.54 bits per heavy atom. The molecule has 4 atom stereocenters. The average Bonchev–Trinajstić information content (AvgIpc) is 3.33. The minimum Gasteiger partial charge on any atom is -0.481 e. The number of hydrogen-bond acceptors (Lipinski definition) is 8. The average molecular weight is 577 g/mol. The molecule has 224 valence electrons. The SMILES string of the molecule is NC(N)=NCCCC(N)C(=O)NC(Cc1c[nH]c2ccccc12)C(=O)NC(CO)C(=O)NC(CCC(=O)O)C(=O)O. The first-order valence-corrected chi connectivity index (χ1v) is 12.8. The number of aliphatic hydroxyl groups is 1. The Morgan fingerprint density at radius 1 is 0.902 bits per heavy atom. The number of nitrogens with two attached hydrogens (primary N) is 3. The number of fused-ring (bicyclic) bond motifs is 1. The van der Waals surface area contributed by atoms with Crippen molar-refractivity contribution in [1.82, 2.24) is 20.9 Å². The van der Waals surface area contributed by atoms with Crippen molar-refractivity contribution in [2.24, 2.45) is 22.2 Å². The number of aromatic nitrogens is 1. The lowest BCUT2D eigenvalue weighted by molar-refractivity contribution is -0.143. The summed E-state index contributed by atoms with van der Waals surface area (Å²) in [4.78, 5) is 68.0. The van der Waals surface area contributed by atoms with E-state index in [0.717, 1.165) is 10.9 Å². The number of aliphatic imine (C=N–C) groups is 1. The molecule has 0 aliphatic heterocycles.